The second-order valence-electron chi connectivity index (χ2n) is 4.97. The standard InChI is InChI=1S/C14H19BrN2O/c15-12-6-4-10(5-7-12)9-17-14(18)11-2-1-3-13(16)8-11/h4-7,11,13H,1-3,8-9,16H2,(H,17,18). The molecule has 1 amide bonds. The summed E-state index contributed by atoms with van der Waals surface area (Å²) in [4.78, 5) is 12.0. The van der Waals surface area contributed by atoms with Gasteiger partial charge in [-0.25, -0.2) is 0 Å². The van der Waals surface area contributed by atoms with Gasteiger partial charge in [0.1, 0.15) is 0 Å². The quantitative estimate of drug-likeness (QED) is 0.901. The van der Waals surface area contributed by atoms with Crippen molar-refractivity contribution in [2.45, 2.75) is 38.3 Å². The van der Waals surface area contributed by atoms with Gasteiger partial charge in [-0.3, -0.25) is 4.79 Å². The number of nitrogens with one attached hydrogen (secondary N) is 1. The van der Waals surface area contributed by atoms with E-state index in [1.54, 1.807) is 0 Å². The van der Waals surface area contributed by atoms with Crippen LogP contribution in [-0.2, 0) is 11.3 Å². The van der Waals surface area contributed by atoms with Gasteiger partial charge in [0.25, 0.3) is 0 Å². The predicted molar refractivity (Wildman–Crippen MR) is 75.9 cm³/mol. The van der Waals surface area contributed by atoms with Crippen molar-refractivity contribution in [3.8, 4) is 0 Å². The Labute approximate surface area is 116 Å². The first-order valence-electron chi connectivity index (χ1n) is 6.43. The molecular formula is C14H19BrN2O. The molecule has 4 heteroatoms. The molecule has 1 aliphatic rings. The molecule has 98 valence electrons. The first-order chi connectivity index (χ1) is 8.65. The summed E-state index contributed by atoms with van der Waals surface area (Å²) >= 11 is 3.39. The Kier molecular flexibility index (Phi) is 4.78. The molecule has 0 spiro atoms. The number of carbonyl (C=O) groups excluding carboxylic acids is 1. The largest absolute Gasteiger partial charge is 0.352 e. The van der Waals surface area contributed by atoms with E-state index in [0.29, 0.717) is 6.54 Å². The molecule has 1 aromatic carbocycles. The number of carbonyl (C=O) groups is 1. The van der Waals surface area contributed by atoms with Crippen LogP contribution >= 0.6 is 15.9 Å². The van der Waals surface area contributed by atoms with E-state index in [4.69, 9.17) is 5.73 Å². The van der Waals surface area contributed by atoms with Crippen molar-refractivity contribution in [2.75, 3.05) is 0 Å². The van der Waals surface area contributed by atoms with Crippen molar-refractivity contribution in [3.05, 3.63) is 34.3 Å². The van der Waals surface area contributed by atoms with Gasteiger partial charge in [0.05, 0.1) is 0 Å². The van der Waals surface area contributed by atoms with Gasteiger partial charge in [-0.2, -0.15) is 0 Å². The minimum Gasteiger partial charge on any atom is -0.352 e. The van der Waals surface area contributed by atoms with E-state index < -0.39 is 0 Å². The van der Waals surface area contributed by atoms with Gasteiger partial charge in [-0.05, 0) is 37.0 Å². The van der Waals surface area contributed by atoms with E-state index in [2.05, 4.69) is 21.2 Å². The highest BCUT2D eigenvalue weighted by Gasteiger charge is 2.24. The van der Waals surface area contributed by atoms with E-state index in [-0.39, 0.29) is 17.9 Å². The first-order valence-corrected chi connectivity index (χ1v) is 7.22. The summed E-state index contributed by atoms with van der Waals surface area (Å²) in [6, 6.07) is 8.19. The third kappa shape index (κ3) is 3.82. The zero-order valence-electron chi connectivity index (χ0n) is 10.4. The normalized spacial score (nSPS) is 23.7. The van der Waals surface area contributed by atoms with Crippen molar-refractivity contribution < 1.29 is 4.79 Å². The molecule has 1 aliphatic carbocycles. The number of nitrogens with two attached hydrogens (primary N) is 1. The Morgan fingerprint density at radius 2 is 2.06 bits per heavy atom. The number of halogens is 1. The fraction of sp³-hybridized carbons (Fsp3) is 0.500. The molecule has 1 saturated carbocycles. The summed E-state index contributed by atoms with van der Waals surface area (Å²) in [7, 11) is 0. The molecule has 0 aromatic heterocycles. The highest BCUT2D eigenvalue weighted by molar-refractivity contribution is 9.10. The maximum absolute atomic E-state index is 12.0. The third-order valence-electron chi connectivity index (χ3n) is 3.47. The summed E-state index contributed by atoms with van der Waals surface area (Å²) in [5.74, 6) is 0.247. The van der Waals surface area contributed by atoms with Crippen LogP contribution in [0, 0.1) is 5.92 Å². The molecule has 2 rings (SSSR count). The van der Waals surface area contributed by atoms with E-state index in [0.717, 1.165) is 35.7 Å². The minimum atomic E-state index is 0.101. The molecule has 0 radical (unpaired) electrons. The molecule has 0 saturated heterocycles. The molecule has 0 heterocycles. The van der Waals surface area contributed by atoms with Crippen molar-refractivity contribution in [3.63, 3.8) is 0 Å². The highest BCUT2D eigenvalue weighted by atomic mass is 79.9. The molecular weight excluding hydrogens is 292 g/mol. The molecule has 2 unspecified atom stereocenters. The summed E-state index contributed by atoms with van der Waals surface area (Å²) in [5.41, 5.74) is 7.02. The van der Waals surface area contributed by atoms with Crippen LogP contribution in [0.3, 0.4) is 0 Å². The lowest BCUT2D eigenvalue weighted by atomic mass is 9.85. The zero-order valence-corrected chi connectivity index (χ0v) is 11.9. The maximum atomic E-state index is 12.0. The van der Waals surface area contributed by atoms with Crippen LogP contribution in [0.15, 0.2) is 28.7 Å². The van der Waals surface area contributed by atoms with E-state index >= 15 is 0 Å². The number of hydrogen-bond acceptors (Lipinski definition) is 2. The third-order valence-corrected chi connectivity index (χ3v) is 3.99. The Morgan fingerprint density at radius 1 is 1.33 bits per heavy atom. The second-order valence-corrected chi connectivity index (χ2v) is 5.88. The monoisotopic (exact) mass is 310 g/mol. The molecule has 18 heavy (non-hydrogen) atoms. The number of hydrogen-bond donors (Lipinski definition) is 2. The smallest absolute Gasteiger partial charge is 0.223 e. The van der Waals surface area contributed by atoms with Crippen LogP contribution in [0.1, 0.15) is 31.2 Å². The molecule has 2 atom stereocenters. The van der Waals surface area contributed by atoms with Crippen molar-refractivity contribution in [1.29, 1.82) is 0 Å². The Morgan fingerprint density at radius 3 is 2.72 bits per heavy atom. The predicted octanol–water partition coefficient (Wildman–Crippen LogP) is 2.58. The summed E-state index contributed by atoms with van der Waals surface area (Å²) < 4.78 is 1.05. The fourth-order valence-electron chi connectivity index (χ4n) is 2.40. The number of rotatable bonds is 3. The Hall–Kier alpha value is -0.870. The Bertz CT molecular complexity index is 405. The molecule has 3 nitrogen and oxygen atoms in total. The van der Waals surface area contributed by atoms with E-state index in [1.165, 1.54) is 0 Å². The van der Waals surface area contributed by atoms with Crippen LogP contribution < -0.4 is 11.1 Å². The van der Waals surface area contributed by atoms with Gasteiger partial charge < -0.3 is 11.1 Å². The van der Waals surface area contributed by atoms with Crippen LogP contribution in [0.4, 0.5) is 0 Å². The highest BCUT2D eigenvalue weighted by Crippen LogP contribution is 2.23. The van der Waals surface area contributed by atoms with Crippen LogP contribution in [0.2, 0.25) is 0 Å². The summed E-state index contributed by atoms with van der Waals surface area (Å²) in [6.45, 7) is 0.595. The average molecular weight is 311 g/mol. The van der Waals surface area contributed by atoms with E-state index in [1.807, 2.05) is 24.3 Å². The average Bonchev–Trinajstić information content (AvgIpc) is 2.38. The van der Waals surface area contributed by atoms with E-state index in [9.17, 15) is 4.79 Å². The van der Waals surface area contributed by atoms with Gasteiger partial charge in [0, 0.05) is 23.0 Å². The topological polar surface area (TPSA) is 55.1 Å². The molecule has 1 aromatic rings. The van der Waals surface area contributed by atoms with Gasteiger partial charge in [-0.1, -0.05) is 34.5 Å². The fourth-order valence-corrected chi connectivity index (χ4v) is 2.67. The van der Waals surface area contributed by atoms with Crippen molar-refractivity contribution in [1.82, 2.24) is 5.32 Å². The SMILES string of the molecule is NC1CCCC(C(=O)NCc2ccc(Br)cc2)C1. The Balaban J connectivity index is 1.82. The summed E-state index contributed by atoms with van der Waals surface area (Å²) in [6.07, 6.45) is 3.92. The molecule has 1 fully saturated rings. The summed E-state index contributed by atoms with van der Waals surface area (Å²) in [5, 5.41) is 3.00. The van der Waals surface area contributed by atoms with Crippen molar-refractivity contribution >= 4 is 21.8 Å². The lowest BCUT2D eigenvalue weighted by molar-refractivity contribution is -0.126. The zero-order chi connectivity index (χ0) is 13.0. The first kappa shape index (κ1) is 13.6. The number of amides is 1. The van der Waals surface area contributed by atoms with Gasteiger partial charge in [0.15, 0.2) is 0 Å². The van der Waals surface area contributed by atoms with Crippen LogP contribution in [0.25, 0.3) is 0 Å². The maximum Gasteiger partial charge on any atom is 0.223 e. The van der Waals surface area contributed by atoms with Gasteiger partial charge in [0.2, 0.25) is 5.91 Å². The molecule has 3 N–H and O–H groups in total. The van der Waals surface area contributed by atoms with Crippen molar-refractivity contribution in [2.24, 2.45) is 11.7 Å². The number of benzene rings is 1. The van der Waals surface area contributed by atoms with Gasteiger partial charge in [-0.15, -0.1) is 0 Å². The molecule has 0 bridgehead atoms. The molecule has 0 aliphatic heterocycles. The van der Waals surface area contributed by atoms with Gasteiger partial charge >= 0.3 is 0 Å². The second kappa shape index (κ2) is 6.34. The lowest BCUT2D eigenvalue weighted by Gasteiger charge is -2.25. The lowest BCUT2D eigenvalue weighted by Crippen LogP contribution is -2.37. The van der Waals surface area contributed by atoms with Crippen LogP contribution in [0.5, 0.6) is 0 Å². The van der Waals surface area contributed by atoms with Crippen LogP contribution in [-0.4, -0.2) is 11.9 Å². The minimum absolute atomic E-state index is 0.101.